The van der Waals surface area contributed by atoms with E-state index < -0.39 is 10.8 Å². The molecule has 2 N–H and O–H groups in total. The summed E-state index contributed by atoms with van der Waals surface area (Å²) in [5.41, 5.74) is -0.206. The van der Waals surface area contributed by atoms with Crippen molar-refractivity contribution in [2.45, 2.75) is 0 Å². The van der Waals surface area contributed by atoms with Crippen LogP contribution in [0.2, 0.25) is 5.02 Å². The standard InChI is InChI=1S/C23H14BrClN2O5/c24-22-16-4-2-1-3-13(16)5-9-21(22)32-20-10-6-14(11-18(20)25)26-23(29)17-12-15(27(30)31)7-8-19(17)28/h1-12,28H,(H,26,29). The van der Waals surface area contributed by atoms with Crippen LogP contribution in [0.25, 0.3) is 10.8 Å². The molecule has 9 heteroatoms. The number of non-ortho nitro benzene ring substituents is 1. The molecule has 0 fully saturated rings. The zero-order valence-electron chi connectivity index (χ0n) is 16.2. The minimum absolute atomic E-state index is 0.226. The molecule has 0 unspecified atom stereocenters. The number of nitro benzene ring substituents is 1. The molecule has 0 bridgehead atoms. The lowest BCUT2D eigenvalue weighted by Gasteiger charge is -2.13. The zero-order chi connectivity index (χ0) is 22.8. The molecule has 0 heterocycles. The number of rotatable bonds is 5. The van der Waals surface area contributed by atoms with Gasteiger partial charge in [0.25, 0.3) is 11.6 Å². The van der Waals surface area contributed by atoms with Gasteiger partial charge in [0.15, 0.2) is 0 Å². The molecule has 0 saturated heterocycles. The zero-order valence-corrected chi connectivity index (χ0v) is 18.6. The number of hydrogen-bond donors (Lipinski definition) is 2. The van der Waals surface area contributed by atoms with Gasteiger partial charge < -0.3 is 15.2 Å². The van der Waals surface area contributed by atoms with Crippen molar-refractivity contribution in [2.75, 3.05) is 5.32 Å². The first-order chi connectivity index (χ1) is 15.3. The molecular weight excluding hydrogens is 500 g/mol. The Morgan fingerprint density at radius 1 is 1.03 bits per heavy atom. The summed E-state index contributed by atoms with van der Waals surface area (Å²) in [6.07, 6.45) is 0. The van der Waals surface area contributed by atoms with Crippen LogP contribution in [0.1, 0.15) is 10.4 Å². The summed E-state index contributed by atoms with van der Waals surface area (Å²) < 4.78 is 6.73. The Morgan fingerprint density at radius 2 is 1.78 bits per heavy atom. The Bertz CT molecular complexity index is 1380. The number of hydrogen-bond acceptors (Lipinski definition) is 5. The van der Waals surface area contributed by atoms with Crippen LogP contribution in [0.3, 0.4) is 0 Å². The fraction of sp³-hybridized carbons (Fsp3) is 0. The highest BCUT2D eigenvalue weighted by atomic mass is 79.9. The lowest BCUT2D eigenvalue weighted by Crippen LogP contribution is -2.12. The van der Waals surface area contributed by atoms with Gasteiger partial charge >= 0.3 is 0 Å². The van der Waals surface area contributed by atoms with E-state index in [9.17, 15) is 20.0 Å². The SMILES string of the molecule is O=C(Nc1ccc(Oc2ccc3ccccc3c2Br)c(Cl)c1)c1cc([N+](=O)[O-])ccc1O. The van der Waals surface area contributed by atoms with Crippen molar-refractivity contribution in [2.24, 2.45) is 0 Å². The first-order valence-electron chi connectivity index (χ1n) is 9.27. The number of nitrogens with zero attached hydrogens (tertiary/aromatic N) is 1. The van der Waals surface area contributed by atoms with E-state index in [1.807, 2.05) is 36.4 Å². The minimum Gasteiger partial charge on any atom is -0.507 e. The number of carbonyl (C=O) groups excluding carboxylic acids is 1. The van der Waals surface area contributed by atoms with Crippen LogP contribution in [0.5, 0.6) is 17.2 Å². The number of aromatic hydroxyl groups is 1. The number of phenolic OH excluding ortho intramolecular Hbond substituents is 1. The number of halogens is 2. The van der Waals surface area contributed by atoms with Crippen LogP contribution >= 0.6 is 27.5 Å². The monoisotopic (exact) mass is 512 g/mol. The maximum atomic E-state index is 12.5. The third-order valence-electron chi connectivity index (χ3n) is 4.67. The van der Waals surface area contributed by atoms with Gasteiger partial charge in [0, 0.05) is 17.8 Å². The van der Waals surface area contributed by atoms with E-state index in [-0.39, 0.29) is 22.0 Å². The van der Waals surface area contributed by atoms with Crippen molar-refractivity contribution in [3.05, 3.63) is 98.0 Å². The third-order valence-corrected chi connectivity index (χ3v) is 5.79. The largest absolute Gasteiger partial charge is 0.507 e. The lowest BCUT2D eigenvalue weighted by atomic mass is 10.1. The molecule has 0 saturated carbocycles. The maximum absolute atomic E-state index is 12.5. The molecule has 4 aromatic carbocycles. The Balaban J connectivity index is 1.55. The van der Waals surface area contributed by atoms with Gasteiger partial charge in [-0.2, -0.15) is 0 Å². The normalized spacial score (nSPS) is 10.7. The summed E-state index contributed by atoms with van der Waals surface area (Å²) in [4.78, 5) is 22.8. The van der Waals surface area contributed by atoms with Crippen LogP contribution in [-0.2, 0) is 0 Å². The van der Waals surface area contributed by atoms with Crippen molar-refractivity contribution in [1.82, 2.24) is 0 Å². The van der Waals surface area contributed by atoms with Gasteiger partial charge in [-0.1, -0.05) is 41.9 Å². The molecule has 0 aliphatic heterocycles. The second-order valence-electron chi connectivity index (χ2n) is 6.76. The summed E-state index contributed by atoms with van der Waals surface area (Å²) in [5, 5.41) is 25.7. The molecule has 4 rings (SSSR count). The number of phenols is 1. The molecule has 4 aromatic rings. The van der Waals surface area contributed by atoms with Gasteiger partial charge in [-0.15, -0.1) is 0 Å². The van der Waals surface area contributed by atoms with E-state index in [0.29, 0.717) is 17.2 Å². The third kappa shape index (κ3) is 4.37. The molecule has 0 aliphatic carbocycles. The van der Waals surface area contributed by atoms with Crippen molar-refractivity contribution >= 4 is 55.6 Å². The fourth-order valence-electron chi connectivity index (χ4n) is 3.09. The van der Waals surface area contributed by atoms with Gasteiger partial charge in [0.05, 0.1) is 20.0 Å². The summed E-state index contributed by atoms with van der Waals surface area (Å²) in [7, 11) is 0. The Morgan fingerprint density at radius 3 is 2.53 bits per heavy atom. The lowest BCUT2D eigenvalue weighted by molar-refractivity contribution is -0.384. The summed E-state index contributed by atoms with van der Waals surface area (Å²) in [6.45, 7) is 0. The maximum Gasteiger partial charge on any atom is 0.270 e. The predicted octanol–water partition coefficient (Wildman–Crippen LogP) is 6.91. The predicted molar refractivity (Wildman–Crippen MR) is 126 cm³/mol. The number of carbonyl (C=O) groups is 1. The molecule has 1 amide bonds. The average Bonchev–Trinajstić information content (AvgIpc) is 2.77. The number of anilines is 1. The van der Waals surface area contributed by atoms with Crippen molar-refractivity contribution < 1.29 is 19.6 Å². The number of ether oxygens (including phenoxy) is 1. The number of fused-ring (bicyclic) bond motifs is 1. The quantitative estimate of drug-likeness (QED) is 0.223. The molecule has 0 aliphatic rings. The molecule has 0 radical (unpaired) electrons. The molecule has 160 valence electrons. The summed E-state index contributed by atoms with van der Waals surface area (Å²) >= 11 is 9.91. The van der Waals surface area contributed by atoms with Gasteiger partial charge in [0.2, 0.25) is 0 Å². The van der Waals surface area contributed by atoms with Crippen molar-refractivity contribution in [3.8, 4) is 17.2 Å². The first-order valence-corrected chi connectivity index (χ1v) is 10.4. The molecule has 32 heavy (non-hydrogen) atoms. The minimum atomic E-state index is -0.715. The highest BCUT2D eigenvalue weighted by molar-refractivity contribution is 9.10. The van der Waals surface area contributed by atoms with Crippen molar-refractivity contribution in [3.63, 3.8) is 0 Å². The van der Waals surface area contributed by atoms with E-state index >= 15 is 0 Å². The van der Waals surface area contributed by atoms with E-state index in [1.54, 1.807) is 12.1 Å². The average molecular weight is 514 g/mol. The van der Waals surface area contributed by atoms with Crippen molar-refractivity contribution in [1.29, 1.82) is 0 Å². The smallest absolute Gasteiger partial charge is 0.270 e. The van der Waals surface area contributed by atoms with E-state index in [2.05, 4.69) is 21.2 Å². The van der Waals surface area contributed by atoms with E-state index in [0.717, 1.165) is 33.4 Å². The van der Waals surface area contributed by atoms with Crippen LogP contribution in [-0.4, -0.2) is 15.9 Å². The van der Waals surface area contributed by atoms with Gasteiger partial charge in [-0.25, -0.2) is 0 Å². The highest BCUT2D eigenvalue weighted by Gasteiger charge is 2.17. The van der Waals surface area contributed by atoms with Gasteiger partial charge in [-0.3, -0.25) is 14.9 Å². The van der Waals surface area contributed by atoms with Crippen LogP contribution in [0.4, 0.5) is 11.4 Å². The molecule has 0 aromatic heterocycles. The van der Waals surface area contributed by atoms with Gasteiger partial charge in [-0.05, 0) is 57.0 Å². The topological polar surface area (TPSA) is 102 Å². The Kier molecular flexibility index (Phi) is 5.98. The Labute approximate surface area is 195 Å². The summed E-state index contributed by atoms with van der Waals surface area (Å²) in [5.74, 6) is -0.142. The number of nitrogens with one attached hydrogen (secondary N) is 1. The highest BCUT2D eigenvalue weighted by Crippen LogP contribution is 2.38. The van der Waals surface area contributed by atoms with Crippen LogP contribution < -0.4 is 10.1 Å². The van der Waals surface area contributed by atoms with Crippen LogP contribution in [0.15, 0.2) is 77.3 Å². The molecule has 0 spiro atoms. The Hall–Kier alpha value is -3.62. The second-order valence-corrected chi connectivity index (χ2v) is 7.96. The van der Waals surface area contributed by atoms with Gasteiger partial charge in [0.1, 0.15) is 17.2 Å². The number of benzene rings is 4. The fourth-order valence-corrected chi connectivity index (χ4v) is 3.88. The second kappa shape index (κ2) is 8.86. The first kappa shape index (κ1) is 21.6. The molecule has 0 atom stereocenters. The van der Waals surface area contributed by atoms with E-state index in [1.165, 1.54) is 6.07 Å². The number of amides is 1. The summed E-state index contributed by atoms with van der Waals surface area (Å²) in [6, 6.07) is 19.5. The molecular formula is C23H14BrClN2O5. The molecule has 7 nitrogen and oxygen atoms in total. The number of nitro groups is 1. The van der Waals surface area contributed by atoms with Crippen LogP contribution in [0, 0.1) is 10.1 Å². The van der Waals surface area contributed by atoms with E-state index in [4.69, 9.17) is 16.3 Å².